The zero-order chi connectivity index (χ0) is 22.9. The molecular weight excluding hydrogens is 444 g/mol. The van der Waals surface area contributed by atoms with Crippen LogP contribution in [-0.2, 0) is 0 Å². The van der Waals surface area contributed by atoms with Gasteiger partial charge in [-0.2, -0.15) is 10.1 Å². The number of anilines is 4. The Morgan fingerprint density at radius 2 is 1.76 bits per heavy atom. The zero-order valence-corrected chi connectivity index (χ0v) is 19.1. The van der Waals surface area contributed by atoms with Gasteiger partial charge in [0, 0.05) is 22.8 Å². The molecule has 34 heavy (non-hydrogen) atoms. The van der Waals surface area contributed by atoms with E-state index in [-0.39, 0.29) is 0 Å². The van der Waals surface area contributed by atoms with Crippen molar-refractivity contribution in [2.45, 2.75) is 0 Å². The van der Waals surface area contributed by atoms with Gasteiger partial charge in [-0.25, -0.2) is 4.98 Å². The highest BCUT2D eigenvalue weighted by Crippen LogP contribution is 2.33. The Kier molecular flexibility index (Phi) is 5.04. The fraction of sp³-hybridized carbons (Fsp3) is 0.0385. The van der Waals surface area contributed by atoms with E-state index in [9.17, 15) is 0 Å². The van der Waals surface area contributed by atoms with E-state index in [2.05, 4.69) is 39.0 Å². The average molecular weight is 465 g/mol. The van der Waals surface area contributed by atoms with Crippen LogP contribution in [-0.4, -0.2) is 27.3 Å². The molecule has 0 saturated carbocycles. The fourth-order valence-corrected chi connectivity index (χ4v) is 4.65. The minimum atomic E-state index is 0.505. The number of benzene rings is 3. The Balaban J connectivity index is 1.37. The standard InChI is InChI=1S/C26H20N6OS/c1-33-21-13-17(16-5-3-2-4-6-16)11-20(14-21)29-26-30-23-9-10-34-24(23)25(31-26)28-19-7-8-22-18(12-19)15-27-32-22/h2-15H,1H3,(H,27,32)(H2,28,29,30,31). The fourth-order valence-electron chi connectivity index (χ4n) is 3.88. The van der Waals surface area contributed by atoms with E-state index in [4.69, 9.17) is 14.7 Å². The Hall–Kier alpha value is -4.43. The predicted octanol–water partition coefficient (Wildman–Crippen LogP) is 6.73. The van der Waals surface area contributed by atoms with Crippen molar-refractivity contribution in [2.75, 3.05) is 17.7 Å². The highest BCUT2D eigenvalue weighted by molar-refractivity contribution is 7.17. The van der Waals surface area contributed by atoms with E-state index in [0.717, 1.165) is 55.2 Å². The quantitative estimate of drug-likeness (QED) is 0.253. The number of H-pyrrole nitrogens is 1. The lowest BCUT2D eigenvalue weighted by Crippen LogP contribution is -2.01. The molecule has 3 N–H and O–H groups in total. The second-order valence-corrected chi connectivity index (χ2v) is 8.69. The van der Waals surface area contributed by atoms with Crippen molar-refractivity contribution in [1.82, 2.24) is 20.2 Å². The van der Waals surface area contributed by atoms with Gasteiger partial charge in [0.15, 0.2) is 5.82 Å². The lowest BCUT2D eigenvalue weighted by molar-refractivity contribution is 0.415. The normalized spacial score (nSPS) is 11.1. The monoisotopic (exact) mass is 464 g/mol. The smallest absolute Gasteiger partial charge is 0.229 e. The minimum absolute atomic E-state index is 0.505. The molecule has 3 aromatic heterocycles. The van der Waals surface area contributed by atoms with Crippen LogP contribution in [0.2, 0.25) is 0 Å². The van der Waals surface area contributed by atoms with E-state index in [1.165, 1.54) is 0 Å². The summed E-state index contributed by atoms with van der Waals surface area (Å²) in [5.41, 5.74) is 5.80. The molecule has 0 aliphatic heterocycles. The van der Waals surface area contributed by atoms with Gasteiger partial charge < -0.3 is 15.4 Å². The topological polar surface area (TPSA) is 87.8 Å². The van der Waals surface area contributed by atoms with Gasteiger partial charge in [-0.15, -0.1) is 11.3 Å². The number of thiophene rings is 1. The van der Waals surface area contributed by atoms with E-state index in [0.29, 0.717) is 5.95 Å². The third-order valence-electron chi connectivity index (χ3n) is 5.51. The molecule has 6 rings (SSSR count). The van der Waals surface area contributed by atoms with Crippen molar-refractivity contribution in [3.8, 4) is 16.9 Å². The number of aromatic amines is 1. The number of hydrogen-bond acceptors (Lipinski definition) is 7. The largest absolute Gasteiger partial charge is 0.497 e. The summed E-state index contributed by atoms with van der Waals surface area (Å²) in [6, 6.07) is 24.3. The minimum Gasteiger partial charge on any atom is -0.497 e. The Bertz CT molecular complexity index is 1610. The molecule has 3 heterocycles. The molecule has 0 aliphatic rings. The molecule has 0 unspecified atom stereocenters. The summed E-state index contributed by atoms with van der Waals surface area (Å²) in [6.45, 7) is 0. The second-order valence-electron chi connectivity index (χ2n) is 7.77. The van der Waals surface area contributed by atoms with Gasteiger partial charge in [0.25, 0.3) is 0 Å². The first-order chi connectivity index (χ1) is 16.7. The van der Waals surface area contributed by atoms with Gasteiger partial charge in [0.2, 0.25) is 5.95 Å². The van der Waals surface area contributed by atoms with Crippen LogP contribution in [0.5, 0.6) is 5.75 Å². The molecule has 0 fully saturated rings. The SMILES string of the molecule is COc1cc(Nc2nc(Nc3ccc4[nH]ncc4c3)c3sccc3n2)cc(-c2ccccc2)c1. The van der Waals surface area contributed by atoms with E-state index < -0.39 is 0 Å². The van der Waals surface area contributed by atoms with Gasteiger partial charge in [0.05, 0.1) is 29.0 Å². The molecule has 7 nitrogen and oxygen atoms in total. The van der Waals surface area contributed by atoms with Crippen molar-refractivity contribution >= 4 is 55.6 Å². The third-order valence-corrected chi connectivity index (χ3v) is 6.42. The number of hydrogen-bond donors (Lipinski definition) is 3. The van der Waals surface area contributed by atoms with Crippen LogP contribution in [0.15, 0.2) is 84.4 Å². The van der Waals surface area contributed by atoms with Gasteiger partial charge in [-0.1, -0.05) is 30.3 Å². The second kappa shape index (κ2) is 8.49. The average Bonchev–Trinajstić information content (AvgIpc) is 3.53. The first kappa shape index (κ1) is 20.2. The third kappa shape index (κ3) is 3.91. The first-order valence-corrected chi connectivity index (χ1v) is 11.6. The summed E-state index contributed by atoms with van der Waals surface area (Å²) < 4.78 is 6.54. The van der Waals surface area contributed by atoms with Crippen LogP contribution < -0.4 is 15.4 Å². The van der Waals surface area contributed by atoms with Crippen LogP contribution in [0.1, 0.15) is 0 Å². The van der Waals surface area contributed by atoms with Crippen LogP contribution in [0.25, 0.3) is 32.2 Å². The number of nitrogens with one attached hydrogen (secondary N) is 3. The van der Waals surface area contributed by atoms with Gasteiger partial charge in [-0.05, 0) is 52.9 Å². The number of nitrogens with zero attached hydrogens (tertiary/aromatic N) is 3. The molecule has 6 aromatic rings. The molecule has 0 spiro atoms. The number of rotatable bonds is 6. The highest BCUT2D eigenvalue weighted by atomic mass is 32.1. The lowest BCUT2D eigenvalue weighted by Gasteiger charge is -2.13. The predicted molar refractivity (Wildman–Crippen MR) is 139 cm³/mol. The van der Waals surface area contributed by atoms with Gasteiger partial charge >= 0.3 is 0 Å². The number of fused-ring (bicyclic) bond motifs is 2. The summed E-state index contributed by atoms with van der Waals surface area (Å²) >= 11 is 1.61. The molecule has 0 aliphatic carbocycles. The Morgan fingerprint density at radius 1 is 0.853 bits per heavy atom. The van der Waals surface area contributed by atoms with E-state index >= 15 is 0 Å². The summed E-state index contributed by atoms with van der Waals surface area (Å²) in [5, 5.41) is 17.0. The summed E-state index contributed by atoms with van der Waals surface area (Å²) in [5.74, 6) is 2.01. The summed E-state index contributed by atoms with van der Waals surface area (Å²) in [7, 11) is 1.67. The van der Waals surface area contributed by atoms with Crippen molar-refractivity contribution in [2.24, 2.45) is 0 Å². The molecule has 0 amide bonds. The highest BCUT2D eigenvalue weighted by Gasteiger charge is 2.12. The molecular formula is C26H20N6OS. The van der Waals surface area contributed by atoms with Crippen molar-refractivity contribution < 1.29 is 4.74 Å². The first-order valence-electron chi connectivity index (χ1n) is 10.7. The maximum absolute atomic E-state index is 5.54. The summed E-state index contributed by atoms with van der Waals surface area (Å²) in [6.07, 6.45) is 1.81. The van der Waals surface area contributed by atoms with Gasteiger partial charge in [-0.3, -0.25) is 5.10 Å². The van der Waals surface area contributed by atoms with E-state index in [1.807, 2.05) is 60.0 Å². The van der Waals surface area contributed by atoms with Crippen LogP contribution in [0, 0.1) is 0 Å². The number of methoxy groups -OCH3 is 1. The molecule has 0 bridgehead atoms. The summed E-state index contributed by atoms with van der Waals surface area (Å²) in [4.78, 5) is 9.53. The Morgan fingerprint density at radius 3 is 2.65 bits per heavy atom. The van der Waals surface area contributed by atoms with Crippen LogP contribution >= 0.6 is 11.3 Å². The number of aromatic nitrogens is 4. The van der Waals surface area contributed by atoms with Crippen molar-refractivity contribution in [1.29, 1.82) is 0 Å². The maximum atomic E-state index is 5.54. The maximum Gasteiger partial charge on any atom is 0.229 e. The molecule has 0 atom stereocenters. The van der Waals surface area contributed by atoms with E-state index in [1.54, 1.807) is 24.6 Å². The van der Waals surface area contributed by atoms with Crippen molar-refractivity contribution in [3.05, 3.63) is 84.4 Å². The molecule has 0 radical (unpaired) electrons. The molecule has 3 aromatic carbocycles. The van der Waals surface area contributed by atoms with Gasteiger partial charge in [0.1, 0.15) is 5.75 Å². The van der Waals surface area contributed by atoms with Crippen molar-refractivity contribution in [3.63, 3.8) is 0 Å². The van der Waals surface area contributed by atoms with Crippen LogP contribution in [0.4, 0.5) is 23.1 Å². The molecule has 8 heteroatoms. The van der Waals surface area contributed by atoms with Crippen LogP contribution in [0.3, 0.4) is 0 Å². The zero-order valence-electron chi connectivity index (χ0n) is 18.2. The number of ether oxygens (including phenoxy) is 1. The molecule has 166 valence electrons. The molecule has 0 saturated heterocycles. The lowest BCUT2D eigenvalue weighted by atomic mass is 10.0. The Labute approximate surface area is 199 Å².